The normalized spacial score (nSPS) is 11.6. The van der Waals surface area contributed by atoms with E-state index < -0.39 is 5.60 Å². The summed E-state index contributed by atoms with van der Waals surface area (Å²) in [5, 5.41) is 0. The minimum atomic E-state index is -0.474. The van der Waals surface area contributed by atoms with Gasteiger partial charge in [-0.15, -0.1) is 0 Å². The number of methoxy groups -OCH3 is 1. The SMILES string of the molecule is COC(C)(C)c1nccnc1N. The van der Waals surface area contributed by atoms with E-state index in [0.717, 1.165) is 0 Å². The molecule has 1 heterocycles. The summed E-state index contributed by atoms with van der Waals surface area (Å²) in [5.74, 6) is 0.421. The second-order valence-electron chi connectivity index (χ2n) is 3.00. The lowest BCUT2D eigenvalue weighted by Crippen LogP contribution is -2.23. The molecular formula is C8H13N3O. The number of nitrogens with zero attached hydrogens (tertiary/aromatic N) is 2. The first-order valence-electron chi connectivity index (χ1n) is 3.70. The predicted molar refractivity (Wildman–Crippen MR) is 46.5 cm³/mol. The van der Waals surface area contributed by atoms with Crippen molar-refractivity contribution in [2.24, 2.45) is 0 Å². The van der Waals surface area contributed by atoms with Gasteiger partial charge in [0.25, 0.3) is 0 Å². The van der Waals surface area contributed by atoms with Crippen LogP contribution in [0.15, 0.2) is 12.4 Å². The van der Waals surface area contributed by atoms with Crippen molar-refractivity contribution < 1.29 is 4.74 Å². The van der Waals surface area contributed by atoms with Crippen molar-refractivity contribution in [3.05, 3.63) is 18.1 Å². The smallest absolute Gasteiger partial charge is 0.148 e. The zero-order valence-corrected chi connectivity index (χ0v) is 7.53. The zero-order chi connectivity index (χ0) is 9.19. The van der Waals surface area contributed by atoms with Gasteiger partial charge in [-0.05, 0) is 13.8 Å². The highest BCUT2D eigenvalue weighted by molar-refractivity contribution is 5.36. The third kappa shape index (κ3) is 1.53. The molecule has 0 bridgehead atoms. The van der Waals surface area contributed by atoms with Gasteiger partial charge in [-0.1, -0.05) is 0 Å². The number of aromatic nitrogens is 2. The quantitative estimate of drug-likeness (QED) is 0.712. The van der Waals surface area contributed by atoms with Gasteiger partial charge in [0.1, 0.15) is 17.1 Å². The van der Waals surface area contributed by atoms with Gasteiger partial charge >= 0.3 is 0 Å². The monoisotopic (exact) mass is 167 g/mol. The van der Waals surface area contributed by atoms with E-state index in [1.54, 1.807) is 19.5 Å². The van der Waals surface area contributed by atoms with Crippen LogP contribution in [0.1, 0.15) is 19.5 Å². The highest BCUT2D eigenvalue weighted by Gasteiger charge is 2.24. The molecule has 1 aromatic heterocycles. The molecule has 0 aliphatic rings. The minimum Gasteiger partial charge on any atom is -0.382 e. The minimum absolute atomic E-state index is 0.421. The molecule has 0 saturated carbocycles. The Morgan fingerprint density at radius 1 is 1.33 bits per heavy atom. The molecule has 12 heavy (non-hydrogen) atoms. The molecule has 0 atom stereocenters. The van der Waals surface area contributed by atoms with E-state index >= 15 is 0 Å². The van der Waals surface area contributed by atoms with Crippen LogP contribution in [0.5, 0.6) is 0 Å². The molecule has 2 N–H and O–H groups in total. The Kier molecular flexibility index (Phi) is 2.28. The molecule has 0 radical (unpaired) electrons. The van der Waals surface area contributed by atoms with Gasteiger partial charge in [-0.25, -0.2) is 4.98 Å². The van der Waals surface area contributed by atoms with Gasteiger partial charge in [0.15, 0.2) is 0 Å². The number of ether oxygens (including phenoxy) is 1. The fraction of sp³-hybridized carbons (Fsp3) is 0.500. The topological polar surface area (TPSA) is 61.0 Å². The summed E-state index contributed by atoms with van der Waals surface area (Å²) in [6.07, 6.45) is 3.16. The largest absolute Gasteiger partial charge is 0.382 e. The Morgan fingerprint density at radius 2 is 1.92 bits per heavy atom. The molecule has 0 fully saturated rings. The molecule has 0 aliphatic carbocycles. The summed E-state index contributed by atoms with van der Waals surface area (Å²) < 4.78 is 5.22. The van der Waals surface area contributed by atoms with Gasteiger partial charge in [0.2, 0.25) is 0 Å². The summed E-state index contributed by atoms with van der Waals surface area (Å²) in [6.45, 7) is 3.79. The lowest BCUT2D eigenvalue weighted by molar-refractivity contribution is 0.0159. The fourth-order valence-corrected chi connectivity index (χ4v) is 0.909. The Morgan fingerprint density at radius 3 is 2.42 bits per heavy atom. The lowest BCUT2D eigenvalue weighted by atomic mass is 10.1. The van der Waals surface area contributed by atoms with Crippen molar-refractivity contribution in [2.75, 3.05) is 12.8 Å². The van der Waals surface area contributed by atoms with Crippen LogP contribution in [0.4, 0.5) is 5.82 Å². The fourth-order valence-electron chi connectivity index (χ4n) is 0.909. The number of nitrogen functional groups attached to an aromatic ring is 1. The maximum atomic E-state index is 5.63. The number of rotatable bonds is 2. The van der Waals surface area contributed by atoms with E-state index in [-0.39, 0.29) is 0 Å². The van der Waals surface area contributed by atoms with Crippen LogP contribution in [-0.4, -0.2) is 17.1 Å². The summed E-state index contributed by atoms with van der Waals surface area (Å²) in [6, 6.07) is 0. The van der Waals surface area contributed by atoms with E-state index in [4.69, 9.17) is 10.5 Å². The molecule has 0 spiro atoms. The predicted octanol–water partition coefficient (Wildman–Crippen LogP) is 0.940. The van der Waals surface area contributed by atoms with Gasteiger partial charge in [-0.2, -0.15) is 0 Å². The molecule has 0 saturated heterocycles. The molecule has 0 unspecified atom stereocenters. The molecule has 0 amide bonds. The Balaban J connectivity index is 3.10. The number of hydrogen-bond acceptors (Lipinski definition) is 4. The van der Waals surface area contributed by atoms with E-state index in [1.165, 1.54) is 0 Å². The summed E-state index contributed by atoms with van der Waals surface area (Å²) >= 11 is 0. The van der Waals surface area contributed by atoms with Crippen LogP contribution in [-0.2, 0) is 10.3 Å². The summed E-state index contributed by atoms with van der Waals surface area (Å²) in [7, 11) is 1.62. The molecule has 0 aliphatic heterocycles. The Hall–Kier alpha value is -1.16. The average Bonchev–Trinajstić information content (AvgIpc) is 2.05. The van der Waals surface area contributed by atoms with Gasteiger partial charge in [-0.3, -0.25) is 4.98 Å². The second-order valence-corrected chi connectivity index (χ2v) is 3.00. The number of hydrogen-bond donors (Lipinski definition) is 1. The third-order valence-electron chi connectivity index (χ3n) is 1.81. The first kappa shape index (κ1) is 8.93. The summed E-state index contributed by atoms with van der Waals surface area (Å²) in [4.78, 5) is 8.04. The van der Waals surface area contributed by atoms with Crippen LogP contribution in [0.3, 0.4) is 0 Å². The maximum Gasteiger partial charge on any atom is 0.148 e. The molecule has 0 aromatic carbocycles. The van der Waals surface area contributed by atoms with Gasteiger partial charge < -0.3 is 10.5 Å². The highest BCUT2D eigenvalue weighted by atomic mass is 16.5. The van der Waals surface area contributed by atoms with E-state index in [1.807, 2.05) is 13.8 Å². The van der Waals surface area contributed by atoms with Crippen molar-refractivity contribution in [1.29, 1.82) is 0 Å². The van der Waals surface area contributed by atoms with Crippen molar-refractivity contribution in [3.8, 4) is 0 Å². The van der Waals surface area contributed by atoms with Crippen LogP contribution in [0, 0.1) is 0 Å². The van der Waals surface area contributed by atoms with E-state index in [2.05, 4.69) is 9.97 Å². The molecular weight excluding hydrogens is 154 g/mol. The second kappa shape index (κ2) is 3.06. The van der Waals surface area contributed by atoms with Crippen LogP contribution in [0.25, 0.3) is 0 Å². The molecule has 4 heteroatoms. The third-order valence-corrected chi connectivity index (χ3v) is 1.81. The van der Waals surface area contributed by atoms with Crippen molar-refractivity contribution in [1.82, 2.24) is 9.97 Å². The zero-order valence-electron chi connectivity index (χ0n) is 7.53. The number of anilines is 1. The Labute approximate surface area is 71.8 Å². The van der Waals surface area contributed by atoms with Crippen LogP contribution < -0.4 is 5.73 Å². The van der Waals surface area contributed by atoms with Crippen molar-refractivity contribution in [3.63, 3.8) is 0 Å². The molecule has 1 aromatic rings. The lowest BCUT2D eigenvalue weighted by Gasteiger charge is -2.22. The highest BCUT2D eigenvalue weighted by Crippen LogP contribution is 2.24. The van der Waals surface area contributed by atoms with E-state index in [9.17, 15) is 0 Å². The standard InChI is InChI=1S/C8H13N3O/c1-8(2,12-3)6-7(9)11-5-4-10-6/h4-5H,1-3H3,(H2,9,11). The van der Waals surface area contributed by atoms with Crippen molar-refractivity contribution in [2.45, 2.75) is 19.4 Å². The van der Waals surface area contributed by atoms with Crippen LogP contribution in [0.2, 0.25) is 0 Å². The van der Waals surface area contributed by atoms with Gasteiger partial charge in [0.05, 0.1) is 0 Å². The number of nitrogens with two attached hydrogens (primary N) is 1. The summed E-state index contributed by atoms with van der Waals surface area (Å²) in [5.41, 5.74) is 5.83. The maximum absolute atomic E-state index is 5.63. The van der Waals surface area contributed by atoms with Crippen molar-refractivity contribution >= 4 is 5.82 Å². The first-order chi connectivity index (χ1) is 5.58. The molecule has 1 rings (SSSR count). The molecule has 4 nitrogen and oxygen atoms in total. The van der Waals surface area contributed by atoms with Gasteiger partial charge in [0, 0.05) is 19.5 Å². The van der Waals surface area contributed by atoms with Crippen LogP contribution >= 0.6 is 0 Å². The Bertz CT molecular complexity index is 273. The average molecular weight is 167 g/mol. The van der Waals surface area contributed by atoms with E-state index in [0.29, 0.717) is 11.5 Å². The first-order valence-corrected chi connectivity index (χ1v) is 3.70. The molecule has 66 valence electrons.